The Balaban J connectivity index is 3.22. The van der Waals surface area contributed by atoms with Gasteiger partial charge in [0, 0.05) is 5.56 Å². The molecular weight excluding hydrogens is 280 g/mol. The van der Waals surface area contributed by atoms with Crippen LogP contribution in [-0.4, -0.2) is 16.4 Å². The summed E-state index contributed by atoms with van der Waals surface area (Å²) >= 11 is 0. The Morgan fingerprint density at radius 2 is 1.68 bits per heavy atom. The molecule has 1 aromatic carbocycles. The van der Waals surface area contributed by atoms with E-state index < -0.39 is 6.16 Å². The Morgan fingerprint density at radius 1 is 1.05 bits per heavy atom. The second-order valence-electron chi connectivity index (χ2n) is 5.63. The third-order valence-electron chi connectivity index (χ3n) is 3.92. The minimum atomic E-state index is -1.38. The van der Waals surface area contributed by atoms with Gasteiger partial charge >= 0.3 is 6.16 Å². The second-order valence-corrected chi connectivity index (χ2v) is 5.63. The molecule has 124 valence electrons. The molecule has 4 nitrogen and oxygen atoms in total. The van der Waals surface area contributed by atoms with Crippen molar-refractivity contribution in [3.05, 3.63) is 22.8 Å². The number of carbonyl (C=O) groups is 1. The van der Waals surface area contributed by atoms with Gasteiger partial charge < -0.3 is 14.9 Å². The van der Waals surface area contributed by atoms with Crippen molar-refractivity contribution in [3.63, 3.8) is 0 Å². The van der Waals surface area contributed by atoms with Gasteiger partial charge in [0.2, 0.25) is 0 Å². The van der Waals surface area contributed by atoms with Crippen molar-refractivity contribution in [2.45, 2.75) is 72.1 Å². The highest BCUT2D eigenvalue weighted by Gasteiger charge is 2.19. The van der Waals surface area contributed by atoms with Crippen LogP contribution in [0.2, 0.25) is 0 Å². The van der Waals surface area contributed by atoms with Crippen LogP contribution in [0.1, 0.15) is 69.6 Å². The van der Waals surface area contributed by atoms with Crippen LogP contribution >= 0.6 is 0 Å². The van der Waals surface area contributed by atoms with Gasteiger partial charge in [-0.1, -0.05) is 46.1 Å². The van der Waals surface area contributed by atoms with Gasteiger partial charge in [-0.15, -0.1) is 0 Å². The zero-order chi connectivity index (χ0) is 16.5. The number of carboxylic acid groups (broad SMARTS) is 1. The lowest BCUT2D eigenvalue weighted by molar-refractivity contribution is 0.142. The molecule has 0 atom stereocenters. The average molecular weight is 308 g/mol. The van der Waals surface area contributed by atoms with Crippen LogP contribution in [0.5, 0.6) is 11.5 Å². The topological polar surface area (TPSA) is 66.8 Å². The molecule has 0 spiro atoms. The molecule has 22 heavy (non-hydrogen) atoms. The zero-order valence-corrected chi connectivity index (χ0v) is 13.9. The monoisotopic (exact) mass is 308 g/mol. The number of hydrogen-bond donors (Lipinski definition) is 2. The number of ether oxygens (including phenoxy) is 1. The van der Waals surface area contributed by atoms with Crippen molar-refractivity contribution >= 4 is 6.16 Å². The first kappa shape index (κ1) is 18.3. The van der Waals surface area contributed by atoms with Gasteiger partial charge in [0.25, 0.3) is 0 Å². The molecular formula is C18H28O4. The van der Waals surface area contributed by atoms with Gasteiger partial charge in [0.05, 0.1) is 0 Å². The molecule has 0 aliphatic heterocycles. The molecule has 1 rings (SSSR count). The highest BCUT2D eigenvalue weighted by atomic mass is 16.7. The Labute approximate surface area is 133 Å². The normalized spacial score (nSPS) is 10.7. The van der Waals surface area contributed by atoms with Crippen LogP contribution in [-0.2, 0) is 19.3 Å². The fraction of sp³-hybridized carbons (Fsp3) is 0.611. The molecule has 0 aliphatic rings. The summed E-state index contributed by atoms with van der Waals surface area (Å²) in [4.78, 5) is 10.9. The molecule has 0 unspecified atom stereocenters. The molecule has 2 N–H and O–H groups in total. The Bertz CT molecular complexity index is 494. The molecule has 0 amide bonds. The van der Waals surface area contributed by atoms with Gasteiger partial charge in [-0.3, -0.25) is 0 Å². The fourth-order valence-corrected chi connectivity index (χ4v) is 2.74. The van der Waals surface area contributed by atoms with E-state index in [0.29, 0.717) is 6.42 Å². The van der Waals surface area contributed by atoms with E-state index in [0.717, 1.165) is 61.6 Å². The van der Waals surface area contributed by atoms with Crippen LogP contribution in [0.25, 0.3) is 0 Å². The largest absolute Gasteiger partial charge is 0.511 e. The molecule has 4 heteroatoms. The van der Waals surface area contributed by atoms with Crippen LogP contribution in [0.15, 0.2) is 6.07 Å². The van der Waals surface area contributed by atoms with Crippen LogP contribution < -0.4 is 4.74 Å². The number of hydrogen-bond acceptors (Lipinski definition) is 3. The molecule has 0 aromatic heterocycles. The SMILES string of the molecule is CCCCCc1cc(CCCC)c(CC)c(O)c1OC(=O)O. The summed E-state index contributed by atoms with van der Waals surface area (Å²) in [6, 6.07) is 2.03. The summed E-state index contributed by atoms with van der Waals surface area (Å²) in [7, 11) is 0. The Morgan fingerprint density at radius 3 is 2.23 bits per heavy atom. The smallest absolute Gasteiger partial charge is 0.504 e. The summed E-state index contributed by atoms with van der Waals surface area (Å²) in [5.41, 5.74) is 2.73. The lowest BCUT2D eigenvalue weighted by atomic mass is 9.93. The van der Waals surface area contributed by atoms with E-state index in [4.69, 9.17) is 9.84 Å². The minimum Gasteiger partial charge on any atom is -0.504 e. The van der Waals surface area contributed by atoms with Gasteiger partial charge in [0.15, 0.2) is 11.5 Å². The fourth-order valence-electron chi connectivity index (χ4n) is 2.74. The molecule has 0 radical (unpaired) electrons. The maximum atomic E-state index is 10.9. The number of aromatic hydroxyl groups is 1. The van der Waals surface area contributed by atoms with Gasteiger partial charge in [-0.25, -0.2) is 4.79 Å². The van der Waals surface area contributed by atoms with E-state index in [2.05, 4.69) is 13.8 Å². The first-order chi connectivity index (χ1) is 10.5. The van der Waals surface area contributed by atoms with E-state index in [1.807, 2.05) is 13.0 Å². The maximum absolute atomic E-state index is 10.9. The van der Waals surface area contributed by atoms with Crippen LogP contribution in [0.4, 0.5) is 4.79 Å². The quantitative estimate of drug-likeness (QED) is 0.379. The summed E-state index contributed by atoms with van der Waals surface area (Å²) in [6.07, 6.45) is 6.19. The maximum Gasteiger partial charge on any atom is 0.511 e. The van der Waals surface area contributed by atoms with Crippen molar-refractivity contribution in [2.75, 3.05) is 0 Å². The lowest BCUT2D eigenvalue weighted by Gasteiger charge is -2.17. The predicted molar refractivity (Wildman–Crippen MR) is 88.0 cm³/mol. The van der Waals surface area contributed by atoms with E-state index in [1.165, 1.54) is 0 Å². The zero-order valence-electron chi connectivity index (χ0n) is 13.9. The van der Waals surface area contributed by atoms with E-state index in [9.17, 15) is 9.90 Å². The number of phenolic OH excluding ortho intramolecular Hbond substituents is 1. The van der Waals surface area contributed by atoms with Crippen LogP contribution in [0.3, 0.4) is 0 Å². The predicted octanol–water partition coefficient (Wildman–Crippen LogP) is 5.09. The van der Waals surface area contributed by atoms with Crippen molar-refractivity contribution in [1.82, 2.24) is 0 Å². The third kappa shape index (κ3) is 4.93. The lowest BCUT2D eigenvalue weighted by Crippen LogP contribution is -2.08. The highest BCUT2D eigenvalue weighted by Crippen LogP contribution is 2.38. The van der Waals surface area contributed by atoms with E-state index in [-0.39, 0.29) is 11.5 Å². The molecule has 0 saturated carbocycles. The summed E-state index contributed by atoms with van der Waals surface area (Å²) in [6.45, 7) is 6.22. The molecule has 0 aliphatic carbocycles. The van der Waals surface area contributed by atoms with Gasteiger partial charge in [0.1, 0.15) is 0 Å². The molecule has 1 aromatic rings. The van der Waals surface area contributed by atoms with Gasteiger partial charge in [-0.05, 0) is 43.2 Å². The number of phenols is 1. The summed E-state index contributed by atoms with van der Waals surface area (Å²) in [5, 5.41) is 19.4. The molecule has 0 heterocycles. The molecule has 0 bridgehead atoms. The number of rotatable bonds is 9. The molecule has 0 fully saturated rings. The highest BCUT2D eigenvalue weighted by molar-refractivity contribution is 5.66. The van der Waals surface area contributed by atoms with Crippen molar-refractivity contribution in [1.29, 1.82) is 0 Å². The average Bonchev–Trinajstić information content (AvgIpc) is 2.48. The first-order valence-electron chi connectivity index (χ1n) is 8.32. The van der Waals surface area contributed by atoms with E-state index >= 15 is 0 Å². The number of benzene rings is 1. The molecule has 0 saturated heterocycles. The van der Waals surface area contributed by atoms with E-state index in [1.54, 1.807) is 0 Å². The number of aryl methyl sites for hydroxylation is 2. The Kier molecular flexibility index (Phi) is 7.78. The summed E-state index contributed by atoms with van der Waals surface area (Å²) in [5.74, 6) is 0.130. The standard InChI is InChI=1S/C18H28O4/c1-4-7-9-11-14-12-13(10-8-5-2)15(6-3)16(19)17(14)22-18(20)21/h12,19H,4-11H2,1-3H3,(H,20,21). The van der Waals surface area contributed by atoms with Crippen molar-refractivity contribution in [2.24, 2.45) is 0 Å². The van der Waals surface area contributed by atoms with Gasteiger partial charge in [-0.2, -0.15) is 0 Å². The van der Waals surface area contributed by atoms with Crippen molar-refractivity contribution < 1.29 is 19.7 Å². The summed E-state index contributed by atoms with van der Waals surface area (Å²) < 4.78 is 4.88. The number of unbranched alkanes of at least 4 members (excludes halogenated alkanes) is 3. The first-order valence-corrected chi connectivity index (χ1v) is 8.32. The third-order valence-corrected chi connectivity index (χ3v) is 3.92. The minimum absolute atomic E-state index is 0.00463. The Hall–Kier alpha value is -1.71. The second kappa shape index (κ2) is 9.34. The van der Waals surface area contributed by atoms with Crippen molar-refractivity contribution in [3.8, 4) is 11.5 Å². The van der Waals surface area contributed by atoms with Crippen LogP contribution in [0, 0.1) is 0 Å².